The molecule has 0 spiro atoms. The fraction of sp³-hybridized carbons (Fsp3) is 0.0638. The maximum Gasteiger partial charge on any atom is 0.137 e. The highest BCUT2D eigenvalue weighted by molar-refractivity contribution is 6.08. The average molecular weight is 1910 g/mol. The zero-order valence-corrected chi connectivity index (χ0v) is 81.4. The Morgan fingerprint density at radius 3 is 0.698 bits per heavy atom. The zero-order chi connectivity index (χ0) is 98.3. The minimum absolute atomic E-state index is 0.319. The molecule has 0 amide bonds. The Hall–Kier alpha value is -18.5. The van der Waals surface area contributed by atoms with Crippen LogP contribution in [0.15, 0.2) is 506 Å². The molecule has 2 atom stereocenters. The van der Waals surface area contributed by atoms with Crippen LogP contribution in [-0.2, 0) is 54.8 Å². The lowest BCUT2D eigenvalue weighted by molar-refractivity contribution is 0.627. The Bertz CT molecular complexity index is 9050. The lowest BCUT2D eigenvalue weighted by atomic mass is 9.66. The van der Waals surface area contributed by atoms with Gasteiger partial charge in [0.25, 0.3) is 0 Å². The Morgan fingerprint density at radius 2 is 0.396 bits per heavy atom. The second kappa shape index (κ2) is 33.8. The summed E-state index contributed by atoms with van der Waals surface area (Å²) in [7, 11) is 0. The molecule has 0 N–H and O–H groups in total. The molecule has 6 aliphatic rings. The van der Waals surface area contributed by atoms with Crippen LogP contribution in [0.4, 0.5) is 77.0 Å². The first kappa shape index (κ1) is 86.0. The molecule has 0 aliphatic heterocycles. The molecule has 6 nitrogen and oxygen atoms in total. The number of para-hydroxylation sites is 2. The van der Waals surface area contributed by atoms with E-state index in [1.54, 1.807) is 24.3 Å². The molecule has 22 aromatic carbocycles. The highest BCUT2D eigenvalue weighted by atomic mass is 19.1. The van der Waals surface area contributed by atoms with E-state index in [1.807, 2.05) is 48.5 Å². The van der Waals surface area contributed by atoms with Gasteiger partial charge in [-0.3, -0.25) is 0 Å². The number of hydrogen-bond acceptors (Lipinski definition) is 6. The summed E-state index contributed by atoms with van der Waals surface area (Å²) in [5, 5.41) is 4.30. The molecule has 704 valence electrons. The molecule has 0 bridgehead atoms. The van der Waals surface area contributed by atoms with Gasteiger partial charge in [-0.05, 0) is 376 Å². The Labute approximate surface area is 862 Å². The number of fused-ring (bicyclic) bond motifs is 18. The summed E-state index contributed by atoms with van der Waals surface area (Å²) < 4.78 is 44.7. The summed E-state index contributed by atoms with van der Waals surface area (Å²) in [5.41, 5.74) is 46.8. The highest BCUT2D eigenvalue weighted by Crippen LogP contribution is 2.64. The molecule has 8 heteroatoms. The van der Waals surface area contributed by atoms with Gasteiger partial charge in [0.1, 0.15) is 34.0 Å². The number of benzene rings is 22. The molecule has 24 aromatic rings. The van der Waals surface area contributed by atoms with Crippen LogP contribution in [0, 0.1) is 11.6 Å². The molecular weight excluding hydrogens is 1820 g/mol. The molecule has 2 heterocycles. The quantitative estimate of drug-likeness (QED) is 0.0757. The smallest absolute Gasteiger partial charge is 0.137 e. The predicted octanol–water partition coefficient (Wildman–Crippen LogP) is 36.4. The van der Waals surface area contributed by atoms with Crippen LogP contribution in [-0.4, -0.2) is 0 Å². The molecule has 2 unspecified atom stereocenters. The van der Waals surface area contributed by atoms with E-state index < -0.39 is 16.2 Å². The number of aryl methyl sites for hydroxylation is 6. The lowest BCUT2D eigenvalue weighted by Gasteiger charge is -2.37. The van der Waals surface area contributed by atoms with Crippen LogP contribution in [0.1, 0.15) is 100 Å². The van der Waals surface area contributed by atoms with E-state index in [-0.39, 0.29) is 11.6 Å². The molecule has 0 radical (unpaired) electrons. The first-order valence-electron chi connectivity index (χ1n) is 51.9. The van der Waals surface area contributed by atoms with E-state index in [1.165, 1.54) is 100 Å². The lowest BCUT2D eigenvalue weighted by Crippen LogP contribution is -2.30. The van der Waals surface area contributed by atoms with Crippen molar-refractivity contribution in [1.29, 1.82) is 0 Å². The number of hydrogen-bond donors (Lipinski definition) is 0. The fourth-order valence-electron chi connectivity index (χ4n) is 26.0. The van der Waals surface area contributed by atoms with Gasteiger partial charge in [-0.15, -0.1) is 0 Å². The summed E-state index contributed by atoms with van der Waals surface area (Å²) in [6, 6.07) is 180. The van der Waals surface area contributed by atoms with Crippen molar-refractivity contribution in [2.75, 3.05) is 19.6 Å². The van der Waals surface area contributed by atoms with Crippen molar-refractivity contribution in [2.45, 2.75) is 54.8 Å². The van der Waals surface area contributed by atoms with Gasteiger partial charge in [0, 0.05) is 102 Å². The van der Waals surface area contributed by atoms with Crippen molar-refractivity contribution >= 4 is 112 Å². The number of furan rings is 2. The topological polar surface area (TPSA) is 39.2 Å². The summed E-state index contributed by atoms with van der Waals surface area (Å²) in [6.45, 7) is 0. The van der Waals surface area contributed by atoms with E-state index >= 15 is 8.78 Å². The third-order valence-electron chi connectivity index (χ3n) is 33.3. The number of anilines is 12. The van der Waals surface area contributed by atoms with Gasteiger partial charge in [0.05, 0.1) is 16.2 Å². The monoisotopic (exact) mass is 1910 g/mol. The van der Waals surface area contributed by atoms with E-state index in [2.05, 4.69) is 444 Å². The van der Waals surface area contributed by atoms with Crippen LogP contribution in [0.2, 0.25) is 0 Å². The molecule has 6 aliphatic carbocycles. The second-order valence-electron chi connectivity index (χ2n) is 40.8. The Kier molecular flexibility index (Phi) is 19.5. The summed E-state index contributed by atoms with van der Waals surface area (Å²) in [5.74, 6) is -0.637. The molecule has 0 saturated heterocycles. The highest BCUT2D eigenvalue weighted by Gasteiger charge is 2.51. The van der Waals surface area contributed by atoms with Crippen LogP contribution < -0.4 is 19.6 Å². The molecule has 30 rings (SSSR count). The van der Waals surface area contributed by atoms with Gasteiger partial charge in [-0.1, -0.05) is 303 Å². The SMILES string of the molecule is Fc1ccc(N(c2ccc(-c3ccc(N(c4ccc5c(c4)C(c4ccccc4)(c4ccc6c(c4)CC6)c4ccccc4-5)c4ccc5c(c4)oc4ccccc45)cc3)cc2)c2ccc3c(c2)C(c2ccccc2)(c2ccc4c(c2)CC4)c2cc(N(c4ccc(F)cc4)c4ccc(-c5ccc(N(c6ccc7c(c6)C(c6ccccc6)(c6ccc8c(c6)CC8)c6ccccc6-7)c6ccc7c(c6)oc6ccccc67)cc5)cc4)ccc2-3)cc1. The number of halogens is 2. The minimum Gasteiger partial charge on any atom is -0.456 e. The van der Waals surface area contributed by atoms with Crippen LogP contribution in [0.25, 0.3) is 99.5 Å². The molecular formula is C141H94F2N4O2. The average Bonchev–Trinajstić information content (AvgIpc) is 1.53. The van der Waals surface area contributed by atoms with Gasteiger partial charge in [-0.25, -0.2) is 8.78 Å². The van der Waals surface area contributed by atoms with Gasteiger partial charge >= 0.3 is 0 Å². The summed E-state index contributed by atoms with van der Waals surface area (Å²) in [4.78, 5) is 9.31. The van der Waals surface area contributed by atoms with Crippen LogP contribution in [0.5, 0.6) is 0 Å². The third kappa shape index (κ3) is 13.3. The van der Waals surface area contributed by atoms with Crippen LogP contribution >= 0.6 is 0 Å². The van der Waals surface area contributed by atoms with E-state index in [4.69, 9.17) is 8.83 Å². The summed E-state index contributed by atoms with van der Waals surface area (Å²) >= 11 is 0. The zero-order valence-electron chi connectivity index (χ0n) is 81.4. The van der Waals surface area contributed by atoms with Gasteiger partial charge in [-0.2, -0.15) is 0 Å². The molecule has 149 heavy (non-hydrogen) atoms. The number of rotatable bonds is 20. The number of nitrogens with zero attached hydrogens (tertiary/aromatic N) is 4. The molecule has 0 saturated carbocycles. The van der Waals surface area contributed by atoms with Crippen molar-refractivity contribution in [3.8, 4) is 55.6 Å². The van der Waals surface area contributed by atoms with Crippen molar-refractivity contribution in [3.05, 3.63) is 609 Å². The standard InChI is InChI=1S/C141H94F2N4O2/c142-105-52-64-111(65-53-105)144(107-56-41-89(42-57-107)91-45-60-109(61-46-91)146(117-72-78-127-125-26-12-16-30-135(125)148-137(127)87-117)115-70-74-121-119-24-10-14-28-129(119)139(131(121)85-115,99-18-4-1-5-19-99)102-49-38-93-32-35-96(93)80-102)113-68-76-123-124-77-69-114(84-134(124)141(133(123)83-113,101-22-8-3-9-23-101)104-51-40-95-34-37-98(95)82-104)145(112-66-54-106(143)55-67-112)108-58-43-90(44-59-108)92-47-62-110(63-48-92)147(118-73-79-128-126-27-13-17-31-136(126)149-138(128)88-118)116-71-75-122-120-25-11-15-29-130(120)140(132(122)86-116,100-20-6-2-7-21-100)103-50-39-94-33-36-97(94)81-103/h1-31,38-88H,32-37H2. The first-order chi connectivity index (χ1) is 73.6. The van der Waals surface area contributed by atoms with E-state index in [0.29, 0.717) is 0 Å². The van der Waals surface area contributed by atoms with Crippen LogP contribution in [0.3, 0.4) is 0 Å². The second-order valence-corrected chi connectivity index (χ2v) is 40.8. The Morgan fingerprint density at radius 1 is 0.161 bits per heavy atom. The largest absolute Gasteiger partial charge is 0.456 e. The van der Waals surface area contributed by atoms with Crippen molar-refractivity contribution < 1.29 is 17.6 Å². The predicted molar refractivity (Wildman–Crippen MR) is 605 cm³/mol. The normalized spacial score (nSPS) is 15.9. The maximum absolute atomic E-state index is 15.6. The van der Waals surface area contributed by atoms with Gasteiger partial charge in [0.15, 0.2) is 0 Å². The maximum atomic E-state index is 15.6. The van der Waals surface area contributed by atoms with E-state index in [0.717, 1.165) is 206 Å². The molecule has 2 aromatic heterocycles. The molecule has 0 fully saturated rings. The van der Waals surface area contributed by atoms with Crippen molar-refractivity contribution in [3.63, 3.8) is 0 Å². The fourth-order valence-corrected chi connectivity index (χ4v) is 26.0. The third-order valence-corrected chi connectivity index (χ3v) is 33.3. The van der Waals surface area contributed by atoms with Gasteiger partial charge in [0.2, 0.25) is 0 Å². The minimum atomic E-state index is -0.882. The van der Waals surface area contributed by atoms with Crippen molar-refractivity contribution in [1.82, 2.24) is 0 Å². The Balaban J connectivity index is 0.508. The summed E-state index contributed by atoms with van der Waals surface area (Å²) in [6.07, 6.45) is 6.40. The van der Waals surface area contributed by atoms with E-state index in [9.17, 15) is 0 Å². The first-order valence-corrected chi connectivity index (χ1v) is 51.9. The van der Waals surface area contributed by atoms with Crippen molar-refractivity contribution in [2.24, 2.45) is 0 Å². The van der Waals surface area contributed by atoms with Gasteiger partial charge < -0.3 is 28.4 Å².